The molecule has 0 unspecified atom stereocenters. The van der Waals surface area contributed by atoms with E-state index in [0.29, 0.717) is 29.7 Å². The van der Waals surface area contributed by atoms with E-state index in [0.717, 1.165) is 5.75 Å². The van der Waals surface area contributed by atoms with E-state index in [1.807, 2.05) is 31.2 Å². The summed E-state index contributed by atoms with van der Waals surface area (Å²) >= 11 is 0. The number of likely N-dealkylation sites (N-methyl/N-ethyl adjacent to an activating group) is 1. The molecule has 24 heavy (non-hydrogen) atoms. The number of halogens is 1. The van der Waals surface area contributed by atoms with Crippen LogP contribution in [0.1, 0.15) is 16.1 Å². The lowest BCUT2D eigenvalue weighted by Gasteiger charge is -2.16. The van der Waals surface area contributed by atoms with Crippen LogP contribution in [0.2, 0.25) is 0 Å². The van der Waals surface area contributed by atoms with Crippen molar-refractivity contribution in [2.75, 3.05) is 20.2 Å². The molecule has 4 nitrogen and oxygen atoms in total. The Morgan fingerprint density at radius 3 is 2.67 bits per heavy atom. The van der Waals surface area contributed by atoms with Gasteiger partial charge in [0.25, 0.3) is 5.91 Å². The molecule has 0 radical (unpaired) electrons. The maximum absolute atomic E-state index is 13.7. The summed E-state index contributed by atoms with van der Waals surface area (Å²) in [5.41, 5.74) is 2.15. The van der Waals surface area contributed by atoms with E-state index in [-0.39, 0.29) is 11.7 Å². The van der Waals surface area contributed by atoms with Crippen molar-refractivity contribution >= 4 is 16.8 Å². The molecule has 1 heterocycles. The highest BCUT2D eigenvalue weighted by Gasteiger charge is 2.15. The summed E-state index contributed by atoms with van der Waals surface area (Å²) in [5, 5.41) is 0.421. The fraction of sp³-hybridized carbons (Fsp3) is 0.211. The van der Waals surface area contributed by atoms with Gasteiger partial charge in [-0.05, 0) is 37.3 Å². The molecule has 5 heteroatoms. The van der Waals surface area contributed by atoms with Gasteiger partial charge in [0.1, 0.15) is 23.9 Å². The third kappa shape index (κ3) is 3.40. The van der Waals surface area contributed by atoms with Crippen LogP contribution in [-0.2, 0) is 0 Å². The number of fused-ring (bicyclic) bond motifs is 1. The largest absolute Gasteiger partial charge is 0.492 e. The van der Waals surface area contributed by atoms with Gasteiger partial charge in [-0.25, -0.2) is 4.39 Å². The predicted octanol–water partition coefficient (Wildman–Crippen LogP) is 3.77. The zero-order valence-electron chi connectivity index (χ0n) is 13.7. The first-order valence-corrected chi connectivity index (χ1v) is 7.77. The Morgan fingerprint density at radius 1 is 1.21 bits per heavy atom. The van der Waals surface area contributed by atoms with Crippen LogP contribution in [0.25, 0.3) is 10.9 Å². The fourth-order valence-corrected chi connectivity index (χ4v) is 2.48. The molecule has 1 amide bonds. The zero-order valence-corrected chi connectivity index (χ0v) is 13.7. The van der Waals surface area contributed by atoms with Gasteiger partial charge in [-0.3, -0.25) is 4.79 Å². The van der Waals surface area contributed by atoms with Crippen molar-refractivity contribution in [3.8, 4) is 5.75 Å². The lowest BCUT2D eigenvalue weighted by Crippen LogP contribution is -2.31. The second kappa shape index (κ2) is 6.74. The number of benzene rings is 2. The molecular weight excluding hydrogens is 307 g/mol. The van der Waals surface area contributed by atoms with Gasteiger partial charge in [0.2, 0.25) is 0 Å². The van der Waals surface area contributed by atoms with Gasteiger partial charge < -0.3 is 14.6 Å². The molecule has 0 spiro atoms. The van der Waals surface area contributed by atoms with Crippen molar-refractivity contribution in [1.82, 2.24) is 9.88 Å². The number of carbonyl (C=O) groups is 1. The number of aromatic amines is 1. The van der Waals surface area contributed by atoms with Crippen molar-refractivity contribution in [2.45, 2.75) is 6.92 Å². The molecular formula is C19H19FN2O2. The minimum Gasteiger partial charge on any atom is -0.492 e. The zero-order chi connectivity index (χ0) is 17.1. The summed E-state index contributed by atoms with van der Waals surface area (Å²) in [6.07, 6.45) is 0. The summed E-state index contributed by atoms with van der Waals surface area (Å²) in [5.74, 6) is 0.236. The van der Waals surface area contributed by atoms with E-state index in [9.17, 15) is 9.18 Å². The molecule has 3 aromatic rings. The average molecular weight is 326 g/mol. The maximum atomic E-state index is 13.7. The monoisotopic (exact) mass is 326 g/mol. The Hall–Kier alpha value is -2.82. The van der Waals surface area contributed by atoms with E-state index in [1.165, 1.54) is 11.6 Å². The summed E-state index contributed by atoms with van der Waals surface area (Å²) in [6.45, 7) is 2.84. The number of nitrogens with one attached hydrogen (secondary N) is 1. The minimum atomic E-state index is -0.340. The van der Waals surface area contributed by atoms with Crippen LogP contribution in [0, 0.1) is 12.7 Å². The second-order valence-electron chi connectivity index (χ2n) is 5.77. The van der Waals surface area contributed by atoms with E-state index in [1.54, 1.807) is 30.1 Å². The third-order valence-corrected chi connectivity index (χ3v) is 3.90. The van der Waals surface area contributed by atoms with Gasteiger partial charge in [0, 0.05) is 18.0 Å². The molecule has 124 valence electrons. The lowest BCUT2D eigenvalue weighted by molar-refractivity contribution is 0.0769. The second-order valence-corrected chi connectivity index (χ2v) is 5.77. The normalized spacial score (nSPS) is 10.8. The van der Waals surface area contributed by atoms with Gasteiger partial charge in [-0.2, -0.15) is 0 Å². The number of nitrogens with zero attached hydrogens (tertiary/aromatic N) is 1. The smallest absolute Gasteiger partial charge is 0.270 e. The van der Waals surface area contributed by atoms with Crippen molar-refractivity contribution < 1.29 is 13.9 Å². The topological polar surface area (TPSA) is 45.3 Å². The highest BCUT2D eigenvalue weighted by atomic mass is 19.1. The first-order valence-electron chi connectivity index (χ1n) is 7.77. The Kier molecular flexibility index (Phi) is 4.51. The highest BCUT2D eigenvalue weighted by molar-refractivity contribution is 5.98. The van der Waals surface area contributed by atoms with Gasteiger partial charge >= 0.3 is 0 Å². The number of carbonyl (C=O) groups excluding carboxylic acids is 1. The van der Waals surface area contributed by atoms with Crippen LogP contribution in [0.15, 0.2) is 48.5 Å². The van der Waals surface area contributed by atoms with Crippen molar-refractivity contribution in [2.24, 2.45) is 0 Å². The van der Waals surface area contributed by atoms with E-state index in [2.05, 4.69) is 4.98 Å². The summed E-state index contributed by atoms with van der Waals surface area (Å²) < 4.78 is 19.3. The average Bonchev–Trinajstić information content (AvgIpc) is 3.01. The van der Waals surface area contributed by atoms with E-state index < -0.39 is 0 Å². The number of hydrogen-bond acceptors (Lipinski definition) is 2. The van der Waals surface area contributed by atoms with E-state index >= 15 is 0 Å². The van der Waals surface area contributed by atoms with Crippen molar-refractivity contribution in [1.29, 1.82) is 0 Å². The minimum absolute atomic E-state index is 0.196. The SMILES string of the molecule is Cc1ccc(OCCN(C)C(=O)c2cc3c(F)cccc3[nH]2)cc1. The number of H-pyrrole nitrogens is 1. The molecule has 0 saturated carbocycles. The predicted molar refractivity (Wildman–Crippen MR) is 91.9 cm³/mol. The van der Waals surface area contributed by atoms with Crippen LogP contribution in [0.5, 0.6) is 5.75 Å². The van der Waals surface area contributed by atoms with Gasteiger partial charge in [-0.1, -0.05) is 23.8 Å². The number of amides is 1. The number of hydrogen-bond donors (Lipinski definition) is 1. The van der Waals surface area contributed by atoms with Crippen LogP contribution >= 0.6 is 0 Å². The number of rotatable bonds is 5. The molecule has 0 saturated heterocycles. The fourth-order valence-electron chi connectivity index (χ4n) is 2.48. The molecule has 1 aromatic heterocycles. The molecule has 0 atom stereocenters. The molecule has 1 N–H and O–H groups in total. The Morgan fingerprint density at radius 2 is 1.96 bits per heavy atom. The Bertz CT molecular complexity index is 855. The summed E-state index contributed by atoms with van der Waals surface area (Å²) in [7, 11) is 1.70. The van der Waals surface area contributed by atoms with Gasteiger partial charge in [0.05, 0.1) is 6.54 Å². The van der Waals surface area contributed by atoms with Crippen molar-refractivity contribution in [3.63, 3.8) is 0 Å². The van der Waals surface area contributed by atoms with Gasteiger partial charge in [0.15, 0.2) is 0 Å². The van der Waals surface area contributed by atoms with Gasteiger partial charge in [-0.15, -0.1) is 0 Å². The maximum Gasteiger partial charge on any atom is 0.270 e. The Balaban J connectivity index is 1.61. The lowest BCUT2D eigenvalue weighted by atomic mass is 10.2. The van der Waals surface area contributed by atoms with Crippen LogP contribution in [-0.4, -0.2) is 36.0 Å². The molecule has 0 aliphatic heterocycles. The van der Waals surface area contributed by atoms with E-state index in [4.69, 9.17) is 4.74 Å². The van der Waals surface area contributed by atoms with Crippen LogP contribution in [0.3, 0.4) is 0 Å². The molecule has 0 fully saturated rings. The number of ether oxygens (including phenoxy) is 1. The molecule has 0 aliphatic carbocycles. The standard InChI is InChI=1S/C19H19FN2O2/c1-13-6-8-14(9-7-13)24-11-10-22(2)19(23)18-12-15-16(20)4-3-5-17(15)21-18/h3-9,12,21H,10-11H2,1-2H3. The van der Waals surface area contributed by atoms with Crippen molar-refractivity contribution in [3.05, 3.63) is 65.6 Å². The first kappa shape index (κ1) is 16.1. The number of aryl methyl sites for hydroxylation is 1. The number of aromatic nitrogens is 1. The Labute approximate surface area is 139 Å². The highest BCUT2D eigenvalue weighted by Crippen LogP contribution is 2.19. The van der Waals surface area contributed by atoms with Crippen LogP contribution in [0.4, 0.5) is 4.39 Å². The molecule has 0 bridgehead atoms. The van der Waals surface area contributed by atoms with Crippen LogP contribution < -0.4 is 4.74 Å². The molecule has 3 rings (SSSR count). The molecule has 2 aromatic carbocycles. The summed E-state index contributed by atoms with van der Waals surface area (Å²) in [6, 6.07) is 14.0. The quantitative estimate of drug-likeness (QED) is 0.776. The third-order valence-electron chi connectivity index (χ3n) is 3.90. The first-order chi connectivity index (χ1) is 11.5. The molecule has 0 aliphatic rings. The summed E-state index contributed by atoms with van der Waals surface area (Å²) in [4.78, 5) is 16.9.